The molecular weight excluding hydrogens is 136 g/mol. The van der Waals surface area contributed by atoms with Crippen LogP contribution in [0.25, 0.3) is 0 Å². The van der Waals surface area contributed by atoms with E-state index < -0.39 is 0 Å². The molecule has 3 nitrogen and oxygen atoms in total. The summed E-state index contributed by atoms with van der Waals surface area (Å²) in [6.07, 6.45) is 0. The first kappa shape index (κ1) is 7.85. The molecule has 4 radical (unpaired) electrons. The minimum atomic E-state index is 0.252. The minimum Gasteiger partial charge on any atom is -0.400 e. The van der Waals surface area contributed by atoms with Gasteiger partial charge in [0.15, 0.2) is 0 Å². The second-order valence-corrected chi connectivity index (χ2v) is 2.30. The van der Waals surface area contributed by atoms with Gasteiger partial charge in [0.2, 0.25) is 0 Å². The van der Waals surface area contributed by atoms with Gasteiger partial charge < -0.3 is 17.2 Å². The van der Waals surface area contributed by atoms with E-state index in [-0.39, 0.29) is 16.6 Å². The summed E-state index contributed by atoms with van der Waals surface area (Å²) in [5.74, 6) is 0. The largest absolute Gasteiger partial charge is 0.400 e. The van der Waals surface area contributed by atoms with Gasteiger partial charge in [-0.3, -0.25) is 0 Å². The van der Waals surface area contributed by atoms with E-state index in [4.69, 9.17) is 32.9 Å². The summed E-state index contributed by atoms with van der Waals surface area (Å²) in [4.78, 5) is 0. The Labute approximate surface area is 67.8 Å². The molecule has 0 aromatic heterocycles. The molecule has 1 aromatic carbocycles. The molecule has 0 aliphatic heterocycles. The highest BCUT2D eigenvalue weighted by Crippen LogP contribution is 2.07. The maximum atomic E-state index is 5.47. The number of nitrogen functional groups attached to an aromatic ring is 3. The summed E-state index contributed by atoms with van der Waals surface area (Å²) in [5, 5.41) is 0. The standard InChI is InChI=1S/C6H7B2N3/c7-4-2(9)1-3(10)5(8)6(4)11/h1H,9-11H2. The van der Waals surface area contributed by atoms with Gasteiger partial charge in [0.25, 0.3) is 0 Å². The van der Waals surface area contributed by atoms with E-state index in [9.17, 15) is 0 Å². The van der Waals surface area contributed by atoms with Crippen molar-refractivity contribution < 1.29 is 0 Å². The summed E-state index contributed by atoms with van der Waals surface area (Å²) in [6, 6.07) is 1.49. The lowest BCUT2D eigenvalue weighted by atomic mass is 9.82. The fraction of sp³-hybridized carbons (Fsp3) is 0. The summed E-state index contributed by atoms with van der Waals surface area (Å²) < 4.78 is 0. The van der Waals surface area contributed by atoms with Crippen molar-refractivity contribution in [2.24, 2.45) is 0 Å². The van der Waals surface area contributed by atoms with Gasteiger partial charge in [0.1, 0.15) is 15.7 Å². The van der Waals surface area contributed by atoms with Crippen molar-refractivity contribution in [2.75, 3.05) is 17.2 Å². The quantitative estimate of drug-likeness (QED) is 0.290. The van der Waals surface area contributed by atoms with E-state index in [0.717, 1.165) is 0 Å². The van der Waals surface area contributed by atoms with Crippen LogP contribution in [0.3, 0.4) is 0 Å². The third-order valence-electron chi connectivity index (χ3n) is 1.51. The molecule has 0 saturated heterocycles. The zero-order valence-electron chi connectivity index (χ0n) is 5.96. The first-order valence-corrected chi connectivity index (χ1v) is 3.02. The first-order chi connectivity index (χ1) is 5.04. The lowest BCUT2D eigenvalue weighted by molar-refractivity contribution is 1.73. The van der Waals surface area contributed by atoms with Crippen molar-refractivity contribution in [1.29, 1.82) is 0 Å². The molecule has 1 aromatic rings. The van der Waals surface area contributed by atoms with Gasteiger partial charge in [-0.25, -0.2) is 0 Å². The highest BCUT2D eigenvalue weighted by Gasteiger charge is 2.03. The zero-order chi connectivity index (χ0) is 8.59. The molecule has 11 heavy (non-hydrogen) atoms. The van der Waals surface area contributed by atoms with Gasteiger partial charge in [-0.05, 0) is 6.07 Å². The molecule has 0 amide bonds. The predicted octanol–water partition coefficient (Wildman–Crippen LogP) is -1.98. The van der Waals surface area contributed by atoms with E-state index in [1.807, 2.05) is 0 Å². The highest BCUT2D eigenvalue weighted by molar-refractivity contribution is 6.47. The molecule has 0 bridgehead atoms. The average Bonchev–Trinajstić information content (AvgIpc) is 1.97. The van der Waals surface area contributed by atoms with Crippen molar-refractivity contribution >= 4 is 43.7 Å². The van der Waals surface area contributed by atoms with Crippen molar-refractivity contribution in [3.8, 4) is 0 Å². The Balaban J connectivity index is 3.46. The second-order valence-electron chi connectivity index (χ2n) is 2.30. The van der Waals surface area contributed by atoms with Crippen molar-refractivity contribution in [2.45, 2.75) is 0 Å². The topological polar surface area (TPSA) is 78.1 Å². The first-order valence-electron chi connectivity index (χ1n) is 3.02. The fourth-order valence-electron chi connectivity index (χ4n) is 0.779. The maximum absolute atomic E-state index is 5.47. The smallest absolute Gasteiger partial charge is 0.119 e. The highest BCUT2D eigenvalue weighted by atomic mass is 14.7. The normalized spacial score (nSPS) is 9.82. The average molecular weight is 143 g/mol. The number of benzene rings is 1. The maximum Gasteiger partial charge on any atom is 0.119 e. The summed E-state index contributed by atoms with van der Waals surface area (Å²) >= 11 is 0. The Bertz CT molecular complexity index is 272. The van der Waals surface area contributed by atoms with Crippen LogP contribution < -0.4 is 28.1 Å². The van der Waals surface area contributed by atoms with Crippen molar-refractivity contribution in [1.82, 2.24) is 0 Å². The Hall–Kier alpha value is -1.25. The van der Waals surface area contributed by atoms with Crippen LogP contribution in [0, 0.1) is 0 Å². The minimum absolute atomic E-state index is 0.252. The van der Waals surface area contributed by atoms with Gasteiger partial charge in [0.05, 0.1) is 0 Å². The number of nitrogens with two attached hydrogens (primary N) is 3. The number of hydrogen-bond acceptors (Lipinski definition) is 3. The van der Waals surface area contributed by atoms with Crippen LogP contribution in [0.2, 0.25) is 0 Å². The molecule has 0 aliphatic rings. The lowest BCUT2D eigenvalue weighted by Crippen LogP contribution is -2.26. The van der Waals surface area contributed by atoms with Gasteiger partial charge in [0, 0.05) is 17.1 Å². The van der Waals surface area contributed by atoms with E-state index in [2.05, 4.69) is 0 Å². The molecule has 0 fully saturated rings. The van der Waals surface area contributed by atoms with Crippen molar-refractivity contribution in [3.05, 3.63) is 6.07 Å². The Morgan fingerprint density at radius 1 is 0.909 bits per heavy atom. The molecular formula is C6H7B2N3. The van der Waals surface area contributed by atoms with Crippen LogP contribution in [-0.4, -0.2) is 15.7 Å². The van der Waals surface area contributed by atoms with Crippen LogP contribution >= 0.6 is 0 Å². The molecule has 6 N–H and O–H groups in total. The van der Waals surface area contributed by atoms with Gasteiger partial charge in [-0.2, -0.15) is 0 Å². The summed E-state index contributed by atoms with van der Waals surface area (Å²) in [6.45, 7) is 0. The molecule has 0 saturated carbocycles. The Kier molecular flexibility index (Phi) is 1.72. The molecule has 0 atom stereocenters. The predicted molar refractivity (Wildman–Crippen MR) is 50.5 cm³/mol. The molecule has 52 valence electrons. The molecule has 0 unspecified atom stereocenters. The molecule has 0 heterocycles. The zero-order valence-corrected chi connectivity index (χ0v) is 5.96. The van der Waals surface area contributed by atoms with Crippen LogP contribution in [-0.2, 0) is 0 Å². The van der Waals surface area contributed by atoms with Gasteiger partial charge >= 0.3 is 0 Å². The summed E-state index contributed by atoms with van der Waals surface area (Å²) in [7, 11) is 10.9. The van der Waals surface area contributed by atoms with E-state index in [1.54, 1.807) is 0 Å². The summed E-state index contributed by atoms with van der Waals surface area (Å²) in [5.41, 5.74) is 17.9. The van der Waals surface area contributed by atoms with E-state index >= 15 is 0 Å². The molecule has 0 aliphatic carbocycles. The lowest BCUT2D eigenvalue weighted by Gasteiger charge is -2.10. The second kappa shape index (κ2) is 2.42. The van der Waals surface area contributed by atoms with Gasteiger partial charge in [-0.15, -0.1) is 0 Å². The van der Waals surface area contributed by atoms with Crippen LogP contribution in [0.5, 0.6) is 0 Å². The number of hydrogen-bond donors (Lipinski definition) is 3. The fourth-order valence-corrected chi connectivity index (χ4v) is 0.779. The Morgan fingerprint density at radius 2 is 1.27 bits per heavy atom. The number of anilines is 3. The molecule has 0 spiro atoms. The SMILES string of the molecule is [B]c1c(N)cc(N)c([B])c1N. The van der Waals surface area contributed by atoms with E-state index in [1.165, 1.54) is 6.07 Å². The van der Waals surface area contributed by atoms with Gasteiger partial charge in [-0.1, -0.05) is 10.9 Å². The van der Waals surface area contributed by atoms with E-state index in [0.29, 0.717) is 11.4 Å². The van der Waals surface area contributed by atoms with Crippen LogP contribution in [0.15, 0.2) is 6.07 Å². The monoisotopic (exact) mass is 143 g/mol. The number of rotatable bonds is 0. The molecule has 1 rings (SSSR count). The molecule has 5 heteroatoms. The third-order valence-corrected chi connectivity index (χ3v) is 1.51. The van der Waals surface area contributed by atoms with Crippen molar-refractivity contribution in [3.63, 3.8) is 0 Å². The Morgan fingerprint density at radius 3 is 1.64 bits per heavy atom. The van der Waals surface area contributed by atoms with Crippen LogP contribution in [0.4, 0.5) is 17.1 Å². The third kappa shape index (κ3) is 1.13. The van der Waals surface area contributed by atoms with Crippen LogP contribution in [0.1, 0.15) is 0 Å².